The summed E-state index contributed by atoms with van der Waals surface area (Å²) < 4.78 is 0.879. The Bertz CT molecular complexity index is 414. The average molecular weight is 282 g/mol. The van der Waals surface area contributed by atoms with Crippen molar-refractivity contribution in [3.05, 3.63) is 34.3 Å². The summed E-state index contributed by atoms with van der Waals surface area (Å²) >= 11 is 3.42. The molecule has 2 nitrogen and oxygen atoms in total. The molecule has 1 aliphatic heterocycles. The zero-order chi connectivity index (χ0) is 11.8. The van der Waals surface area contributed by atoms with Gasteiger partial charge in [0.1, 0.15) is 0 Å². The summed E-state index contributed by atoms with van der Waals surface area (Å²) in [6, 6.07) is 7.61. The van der Waals surface area contributed by atoms with Gasteiger partial charge < -0.3 is 4.90 Å². The lowest BCUT2D eigenvalue weighted by Gasteiger charge is -2.20. The van der Waals surface area contributed by atoms with Crippen molar-refractivity contribution < 1.29 is 4.79 Å². The quantitative estimate of drug-likeness (QED) is 0.773. The van der Waals surface area contributed by atoms with E-state index < -0.39 is 0 Å². The molecule has 1 heterocycles. The van der Waals surface area contributed by atoms with E-state index in [-0.39, 0.29) is 11.3 Å². The Kier molecular flexibility index (Phi) is 3.06. The second kappa shape index (κ2) is 4.21. The molecule has 1 aliphatic rings. The van der Waals surface area contributed by atoms with E-state index in [9.17, 15) is 4.79 Å². The Balaban J connectivity index is 2.18. The smallest absolute Gasteiger partial charge is 0.255 e. The topological polar surface area (TPSA) is 20.3 Å². The summed E-state index contributed by atoms with van der Waals surface area (Å²) in [7, 11) is 0. The van der Waals surface area contributed by atoms with Gasteiger partial charge >= 0.3 is 0 Å². The molecule has 2 rings (SSSR count). The standard InChI is InChI=1S/C13H16BrNO/c1-13(2)7-8-15(9-13)12(16)10-5-3-4-6-11(10)14/h3-6H,7-9H2,1-2H3. The highest BCUT2D eigenvalue weighted by molar-refractivity contribution is 9.10. The van der Waals surface area contributed by atoms with Gasteiger partial charge in [-0.05, 0) is 39.9 Å². The molecular weight excluding hydrogens is 266 g/mol. The Morgan fingerprint density at radius 3 is 2.62 bits per heavy atom. The first-order chi connectivity index (χ1) is 7.49. The number of amides is 1. The van der Waals surface area contributed by atoms with Crippen molar-refractivity contribution >= 4 is 21.8 Å². The maximum atomic E-state index is 12.3. The van der Waals surface area contributed by atoms with E-state index in [1.54, 1.807) is 0 Å². The molecule has 1 fully saturated rings. The van der Waals surface area contributed by atoms with Crippen LogP contribution in [0.25, 0.3) is 0 Å². The first-order valence-corrected chi connectivity index (χ1v) is 6.33. The number of rotatable bonds is 1. The predicted octanol–water partition coefficient (Wildman–Crippen LogP) is 3.32. The molecule has 0 bridgehead atoms. The van der Waals surface area contributed by atoms with E-state index in [4.69, 9.17) is 0 Å². The second-order valence-corrected chi connectivity index (χ2v) is 5.98. The van der Waals surface area contributed by atoms with Gasteiger partial charge in [-0.15, -0.1) is 0 Å². The highest BCUT2D eigenvalue weighted by Gasteiger charge is 2.32. The van der Waals surface area contributed by atoms with Crippen molar-refractivity contribution in [3.63, 3.8) is 0 Å². The first kappa shape index (κ1) is 11.6. The minimum Gasteiger partial charge on any atom is -0.338 e. The molecule has 3 heteroatoms. The lowest BCUT2D eigenvalue weighted by molar-refractivity contribution is 0.0777. The molecule has 0 radical (unpaired) electrons. The summed E-state index contributed by atoms with van der Waals surface area (Å²) in [6.07, 6.45) is 1.09. The third kappa shape index (κ3) is 2.29. The summed E-state index contributed by atoms with van der Waals surface area (Å²) in [4.78, 5) is 14.2. The second-order valence-electron chi connectivity index (χ2n) is 5.12. The molecule has 86 valence electrons. The van der Waals surface area contributed by atoms with Crippen LogP contribution in [0.4, 0.5) is 0 Å². The van der Waals surface area contributed by atoms with Crippen LogP contribution < -0.4 is 0 Å². The fourth-order valence-corrected chi connectivity index (χ4v) is 2.55. The van der Waals surface area contributed by atoms with Crippen LogP contribution in [-0.4, -0.2) is 23.9 Å². The van der Waals surface area contributed by atoms with E-state index >= 15 is 0 Å². The van der Waals surface area contributed by atoms with Crippen molar-refractivity contribution in [1.29, 1.82) is 0 Å². The summed E-state index contributed by atoms with van der Waals surface area (Å²) in [6.45, 7) is 6.14. The van der Waals surface area contributed by atoms with Crippen LogP contribution in [-0.2, 0) is 0 Å². The number of nitrogens with zero attached hydrogens (tertiary/aromatic N) is 1. The van der Waals surface area contributed by atoms with Crippen LogP contribution in [0.1, 0.15) is 30.6 Å². The molecular formula is C13H16BrNO. The van der Waals surface area contributed by atoms with Crippen LogP contribution >= 0.6 is 15.9 Å². The van der Waals surface area contributed by atoms with E-state index in [1.165, 1.54) is 0 Å². The first-order valence-electron chi connectivity index (χ1n) is 5.53. The zero-order valence-corrected chi connectivity index (χ0v) is 11.3. The minimum atomic E-state index is 0.137. The molecule has 1 amide bonds. The van der Waals surface area contributed by atoms with Gasteiger partial charge in [0.25, 0.3) is 5.91 Å². The van der Waals surface area contributed by atoms with Gasteiger partial charge in [0, 0.05) is 17.6 Å². The van der Waals surface area contributed by atoms with E-state index in [2.05, 4.69) is 29.8 Å². The van der Waals surface area contributed by atoms with Gasteiger partial charge in [-0.2, -0.15) is 0 Å². The number of hydrogen-bond acceptors (Lipinski definition) is 1. The highest BCUT2D eigenvalue weighted by Crippen LogP contribution is 2.30. The van der Waals surface area contributed by atoms with Gasteiger partial charge in [0.2, 0.25) is 0 Å². The number of benzene rings is 1. The molecule has 0 saturated carbocycles. The molecule has 0 atom stereocenters. The average Bonchev–Trinajstić information content (AvgIpc) is 2.59. The van der Waals surface area contributed by atoms with Crippen molar-refractivity contribution in [2.24, 2.45) is 5.41 Å². The normalized spacial score (nSPS) is 18.8. The summed E-state index contributed by atoms with van der Waals surface area (Å²) in [5.41, 5.74) is 1.02. The number of carbonyl (C=O) groups is 1. The molecule has 0 unspecified atom stereocenters. The van der Waals surface area contributed by atoms with Gasteiger partial charge in [-0.25, -0.2) is 0 Å². The van der Waals surface area contributed by atoms with Crippen LogP contribution in [0.15, 0.2) is 28.7 Å². The van der Waals surface area contributed by atoms with Crippen molar-refractivity contribution in [2.75, 3.05) is 13.1 Å². The van der Waals surface area contributed by atoms with Crippen molar-refractivity contribution in [2.45, 2.75) is 20.3 Å². The van der Waals surface area contributed by atoms with Crippen molar-refractivity contribution in [3.8, 4) is 0 Å². The van der Waals surface area contributed by atoms with Crippen LogP contribution in [0.2, 0.25) is 0 Å². The summed E-state index contributed by atoms with van der Waals surface area (Å²) in [5.74, 6) is 0.137. The Labute approximate surface area is 105 Å². The lowest BCUT2D eigenvalue weighted by atomic mass is 9.93. The largest absolute Gasteiger partial charge is 0.338 e. The molecule has 0 aliphatic carbocycles. The van der Waals surface area contributed by atoms with Gasteiger partial charge in [-0.1, -0.05) is 26.0 Å². The van der Waals surface area contributed by atoms with Gasteiger partial charge in [-0.3, -0.25) is 4.79 Å². The van der Waals surface area contributed by atoms with Gasteiger partial charge in [0.05, 0.1) is 5.56 Å². The van der Waals surface area contributed by atoms with Crippen LogP contribution in [0.3, 0.4) is 0 Å². The zero-order valence-electron chi connectivity index (χ0n) is 9.66. The third-order valence-corrected chi connectivity index (χ3v) is 3.76. The Morgan fingerprint density at radius 2 is 2.06 bits per heavy atom. The molecule has 0 aromatic heterocycles. The third-order valence-electron chi connectivity index (χ3n) is 3.07. The number of halogens is 1. The Morgan fingerprint density at radius 1 is 1.38 bits per heavy atom. The number of carbonyl (C=O) groups excluding carboxylic acids is 1. The van der Waals surface area contributed by atoms with Crippen LogP contribution in [0, 0.1) is 5.41 Å². The fraction of sp³-hybridized carbons (Fsp3) is 0.462. The minimum absolute atomic E-state index is 0.137. The van der Waals surface area contributed by atoms with Gasteiger partial charge in [0.15, 0.2) is 0 Å². The van der Waals surface area contributed by atoms with Crippen LogP contribution in [0.5, 0.6) is 0 Å². The molecule has 0 N–H and O–H groups in total. The van der Waals surface area contributed by atoms with E-state index in [1.807, 2.05) is 29.2 Å². The SMILES string of the molecule is CC1(C)CCN(C(=O)c2ccccc2Br)C1. The van der Waals surface area contributed by atoms with E-state index in [0.717, 1.165) is 29.5 Å². The molecule has 0 spiro atoms. The maximum Gasteiger partial charge on any atom is 0.255 e. The lowest BCUT2D eigenvalue weighted by Crippen LogP contribution is -2.30. The number of likely N-dealkylation sites (tertiary alicyclic amines) is 1. The highest BCUT2D eigenvalue weighted by atomic mass is 79.9. The Hall–Kier alpha value is -0.830. The molecule has 16 heavy (non-hydrogen) atoms. The fourth-order valence-electron chi connectivity index (χ4n) is 2.09. The number of hydrogen-bond donors (Lipinski definition) is 0. The maximum absolute atomic E-state index is 12.3. The predicted molar refractivity (Wildman–Crippen MR) is 68.4 cm³/mol. The van der Waals surface area contributed by atoms with E-state index in [0.29, 0.717) is 0 Å². The molecule has 1 aromatic carbocycles. The summed E-state index contributed by atoms with van der Waals surface area (Å²) in [5, 5.41) is 0. The monoisotopic (exact) mass is 281 g/mol. The molecule has 1 saturated heterocycles. The molecule has 1 aromatic rings. The van der Waals surface area contributed by atoms with Crippen molar-refractivity contribution in [1.82, 2.24) is 4.90 Å².